The Morgan fingerprint density at radius 1 is 1.60 bits per heavy atom. The molecule has 104 valence electrons. The van der Waals surface area contributed by atoms with Crippen molar-refractivity contribution in [2.45, 2.75) is 19.9 Å². The van der Waals surface area contributed by atoms with E-state index in [0.29, 0.717) is 17.3 Å². The van der Waals surface area contributed by atoms with E-state index in [9.17, 15) is 4.79 Å². The molecule has 1 atom stereocenters. The first kappa shape index (κ1) is 14.3. The number of nitrogens with one attached hydrogen (secondary N) is 1. The highest BCUT2D eigenvalue weighted by molar-refractivity contribution is 7.14. The lowest BCUT2D eigenvalue weighted by Gasteiger charge is -2.08. The summed E-state index contributed by atoms with van der Waals surface area (Å²) in [5.74, 6) is 6.71. The highest BCUT2D eigenvalue weighted by atomic mass is 32.1. The Labute approximate surface area is 121 Å². The summed E-state index contributed by atoms with van der Waals surface area (Å²) in [5, 5.41) is 2.84. The number of rotatable bonds is 3. The zero-order valence-corrected chi connectivity index (χ0v) is 12.1. The third kappa shape index (κ3) is 3.47. The molecule has 1 unspecified atom stereocenters. The molecule has 0 radical (unpaired) electrons. The van der Waals surface area contributed by atoms with Gasteiger partial charge in [0.1, 0.15) is 11.8 Å². The van der Waals surface area contributed by atoms with Crippen LogP contribution in [0, 0.1) is 18.8 Å². The van der Waals surface area contributed by atoms with E-state index in [1.54, 1.807) is 12.3 Å². The van der Waals surface area contributed by atoms with Crippen LogP contribution in [0.2, 0.25) is 0 Å². The number of amides is 1. The fourth-order valence-corrected chi connectivity index (χ4v) is 2.35. The van der Waals surface area contributed by atoms with Crippen LogP contribution in [-0.4, -0.2) is 17.4 Å². The summed E-state index contributed by atoms with van der Waals surface area (Å²) in [6.45, 7) is 3.94. The highest BCUT2D eigenvalue weighted by Gasteiger charge is 2.16. The molecule has 0 aliphatic rings. The fourth-order valence-electron chi connectivity index (χ4n) is 1.57. The number of carbonyl (C=O) groups excluding carboxylic acids is 1. The lowest BCUT2D eigenvalue weighted by molar-refractivity contribution is 0.0938. The third-order valence-corrected chi connectivity index (χ3v) is 3.50. The molecule has 0 aliphatic carbocycles. The van der Waals surface area contributed by atoms with Gasteiger partial charge in [0.2, 0.25) is 5.89 Å². The van der Waals surface area contributed by atoms with Gasteiger partial charge in [-0.15, -0.1) is 11.3 Å². The van der Waals surface area contributed by atoms with E-state index in [1.165, 1.54) is 11.3 Å². The third-order valence-electron chi connectivity index (χ3n) is 2.50. The Kier molecular flexibility index (Phi) is 4.56. The molecule has 0 aromatic carbocycles. The predicted molar refractivity (Wildman–Crippen MR) is 77.4 cm³/mol. The number of thiophene rings is 1. The van der Waals surface area contributed by atoms with Crippen LogP contribution in [0.1, 0.15) is 39.2 Å². The van der Waals surface area contributed by atoms with Gasteiger partial charge in [-0.1, -0.05) is 11.8 Å². The first-order chi connectivity index (χ1) is 9.60. The minimum absolute atomic E-state index is 0.167. The summed E-state index contributed by atoms with van der Waals surface area (Å²) in [5.41, 5.74) is 5.31. The van der Waals surface area contributed by atoms with Gasteiger partial charge >= 0.3 is 0 Å². The molecule has 2 aromatic rings. The second-order valence-corrected chi connectivity index (χ2v) is 5.26. The van der Waals surface area contributed by atoms with Gasteiger partial charge in [0.15, 0.2) is 0 Å². The molecule has 2 heterocycles. The van der Waals surface area contributed by atoms with E-state index in [0.717, 1.165) is 10.6 Å². The Morgan fingerprint density at radius 3 is 3.05 bits per heavy atom. The molecule has 0 saturated heterocycles. The van der Waals surface area contributed by atoms with Crippen molar-refractivity contribution < 1.29 is 9.21 Å². The second-order valence-electron chi connectivity index (χ2n) is 4.17. The first-order valence-corrected chi connectivity index (χ1v) is 6.93. The summed E-state index contributed by atoms with van der Waals surface area (Å²) >= 11 is 1.33. The summed E-state index contributed by atoms with van der Waals surface area (Å²) in [4.78, 5) is 17.6. The van der Waals surface area contributed by atoms with Gasteiger partial charge < -0.3 is 15.5 Å². The lowest BCUT2D eigenvalue weighted by Crippen LogP contribution is -2.26. The molecule has 1 amide bonds. The van der Waals surface area contributed by atoms with Gasteiger partial charge in [0.25, 0.3) is 5.91 Å². The van der Waals surface area contributed by atoms with Gasteiger partial charge in [0.05, 0.1) is 22.5 Å². The molecular formula is C14H15N3O2S. The average molecular weight is 289 g/mol. The molecule has 0 aliphatic heterocycles. The Morgan fingerprint density at radius 2 is 2.40 bits per heavy atom. The van der Waals surface area contributed by atoms with Gasteiger partial charge in [-0.25, -0.2) is 4.98 Å². The number of nitrogens with zero attached hydrogens (tertiary/aromatic N) is 1. The first-order valence-electron chi connectivity index (χ1n) is 6.12. The van der Waals surface area contributed by atoms with E-state index in [2.05, 4.69) is 22.1 Å². The molecule has 5 nitrogen and oxygen atoms in total. The van der Waals surface area contributed by atoms with Crippen molar-refractivity contribution >= 4 is 17.2 Å². The molecule has 6 heteroatoms. The van der Waals surface area contributed by atoms with Crippen molar-refractivity contribution in [2.75, 3.05) is 6.54 Å². The van der Waals surface area contributed by atoms with Crippen LogP contribution < -0.4 is 11.1 Å². The van der Waals surface area contributed by atoms with Crippen molar-refractivity contribution in [2.24, 2.45) is 5.73 Å². The summed E-state index contributed by atoms with van der Waals surface area (Å²) in [6.07, 6.45) is 1.63. The number of hydrogen-bond acceptors (Lipinski definition) is 5. The zero-order chi connectivity index (χ0) is 14.5. The van der Waals surface area contributed by atoms with E-state index in [1.807, 2.05) is 19.9 Å². The molecule has 0 bridgehead atoms. The molecule has 2 rings (SSSR count). The van der Waals surface area contributed by atoms with Crippen molar-refractivity contribution in [1.29, 1.82) is 0 Å². The van der Waals surface area contributed by atoms with E-state index in [4.69, 9.17) is 10.2 Å². The van der Waals surface area contributed by atoms with Crippen LogP contribution in [0.15, 0.2) is 22.7 Å². The van der Waals surface area contributed by atoms with E-state index in [-0.39, 0.29) is 11.9 Å². The maximum Gasteiger partial charge on any atom is 0.262 e. The molecule has 2 aromatic heterocycles. The maximum atomic E-state index is 12.1. The highest BCUT2D eigenvalue weighted by Crippen LogP contribution is 2.18. The zero-order valence-electron chi connectivity index (χ0n) is 11.3. The van der Waals surface area contributed by atoms with Crippen LogP contribution in [0.4, 0.5) is 0 Å². The van der Waals surface area contributed by atoms with Crippen molar-refractivity contribution in [3.63, 3.8) is 0 Å². The monoisotopic (exact) mass is 289 g/mol. The molecule has 0 spiro atoms. The number of carbonyl (C=O) groups is 1. The van der Waals surface area contributed by atoms with E-state index < -0.39 is 0 Å². The van der Waals surface area contributed by atoms with Crippen LogP contribution in [0.3, 0.4) is 0 Å². The maximum absolute atomic E-state index is 12.1. The Bertz CT molecular complexity index is 663. The molecule has 3 N–H and O–H groups in total. The van der Waals surface area contributed by atoms with Crippen LogP contribution >= 0.6 is 11.3 Å². The average Bonchev–Trinajstić information content (AvgIpc) is 3.05. The SMILES string of the molecule is Cc1cnc(C(C)NC(=O)c2ccc(C#CCN)s2)o1. The summed E-state index contributed by atoms with van der Waals surface area (Å²) in [6, 6.07) is 3.27. The number of aromatic nitrogens is 1. The number of hydrogen-bond donors (Lipinski definition) is 2. The van der Waals surface area contributed by atoms with Gasteiger partial charge in [0, 0.05) is 0 Å². The predicted octanol–water partition coefficient (Wildman–Crippen LogP) is 1.85. The summed E-state index contributed by atoms with van der Waals surface area (Å²) in [7, 11) is 0. The number of aryl methyl sites for hydroxylation is 1. The minimum atomic E-state index is -0.281. The number of nitrogens with two attached hydrogens (primary N) is 1. The van der Waals surface area contributed by atoms with Gasteiger partial charge in [-0.3, -0.25) is 4.79 Å². The smallest absolute Gasteiger partial charge is 0.262 e. The normalized spacial score (nSPS) is 11.6. The minimum Gasteiger partial charge on any atom is -0.444 e. The van der Waals surface area contributed by atoms with E-state index >= 15 is 0 Å². The van der Waals surface area contributed by atoms with Crippen molar-refractivity contribution in [3.05, 3.63) is 39.7 Å². The van der Waals surface area contributed by atoms with Crippen LogP contribution in [0.25, 0.3) is 0 Å². The molecule has 0 saturated carbocycles. The van der Waals surface area contributed by atoms with Crippen LogP contribution in [-0.2, 0) is 0 Å². The largest absolute Gasteiger partial charge is 0.444 e. The van der Waals surface area contributed by atoms with Gasteiger partial charge in [-0.2, -0.15) is 0 Å². The van der Waals surface area contributed by atoms with Crippen LogP contribution in [0.5, 0.6) is 0 Å². The molecule has 20 heavy (non-hydrogen) atoms. The Hall–Kier alpha value is -2.10. The lowest BCUT2D eigenvalue weighted by atomic mass is 10.3. The van der Waals surface area contributed by atoms with Gasteiger partial charge in [-0.05, 0) is 26.0 Å². The quantitative estimate of drug-likeness (QED) is 0.845. The fraction of sp³-hybridized carbons (Fsp3) is 0.286. The standard InChI is InChI=1S/C14H15N3O2S/c1-9-8-16-14(19-9)10(2)17-13(18)12-6-5-11(20-12)4-3-7-15/h5-6,8,10H,7,15H2,1-2H3,(H,17,18). The second kappa shape index (κ2) is 6.37. The molecular weight excluding hydrogens is 274 g/mol. The summed E-state index contributed by atoms with van der Waals surface area (Å²) < 4.78 is 5.38. The number of oxazole rings is 1. The Balaban J connectivity index is 2.02. The topological polar surface area (TPSA) is 81.2 Å². The van der Waals surface area contributed by atoms with Crippen molar-refractivity contribution in [1.82, 2.24) is 10.3 Å². The van der Waals surface area contributed by atoms with Crippen molar-refractivity contribution in [3.8, 4) is 11.8 Å². The molecule has 0 fully saturated rings.